The molecule has 3 radical (unpaired) electrons. The lowest BCUT2D eigenvalue weighted by molar-refractivity contribution is -0.287. The van der Waals surface area contributed by atoms with Crippen molar-refractivity contribution in [2.75, 3.05) is 23.8 Å². The van der Waals surface area contributed by atoms with Crippen LogP contribution in [0.4, 0.5) is 55.5 Å². The molecule has 3 aliphatic heterocycles. The minimum atomic E-state index is -4.70. The van der Waals surface area contributed by atoms with Crippen LogP contribution in [0.2, 0.25) is 10.0 Å². The van der Waals surface area contributed by atoms with Crippen molar-refractivity contribution in [3.05, 3.63) is 142 Å². The Hall–Kier alpha value is -6.45. The third-order valence-corrected chi connectivity index (χ3v) is 10.1. The largest absolute Gasteiger partial charge is 0.586 e. The summed E-state index contributed by atoms with van der Waals surface area (Å²) in [4.78, 5) is 20.4. The second-order valence-electron chi connectivity index (χ2n) is 14.1. The Morgan fingerprint density at radius 2 is 1.06 bits per heavy atom. The molecule has 6 aromatic rings. The van der Waals surface area contributed by atoms with Crippen molar-refractivity contribution in [1.82, 2.24) is 9.97 Å². The number of alkyl halides is 10. The van der Waals surface area contributed by atoms with E-state index in [9.17, 15) is 48.7 Å². The number of anilines is 2. The molecule has 2 N–H and O–H groups in total. The Kier molecular flexibility index (Phi) is 15.1. The number of hydrogen-bond acceptors (Lipinski definition) is 9. The summed E-state index contributed by atoms with van der Waals surface area (Å²) in [5, 5.41) is 5.35. The molecule has 0 saturated carbocycles. The number of halogens is 12. The fourth-order valence-corrected chi connectivity index (χ4v) is 6.95. The molecule has 1 saturated heterocycles. The highest BCUT2D eigenvalue weighted by Crippen LogP contribution is 2.47. The third-order valence-electron chi connectivity index (χ3n) is 9.46. The van der Waals surface area contributed by atoms with Crippen LogP contribution in [-0.2, 0) is 23.6 Å². The number of carbonyl (C=O) groups excluding carboxylic acids is 1. The molecule has 0 aliphatic carbocycles. The van der Waals surface area contributed by atoms with Gasteiger partial charge in [0.15, 0.2) is 23.0 Å². The zero-order valence-electron chi connectivity index (χ0n) is 33.9. The molecule has 5 heterocycles. The van der Waals surface area contributed by atoms with Crippen molar-refractivity contribution in [2.24, 2.45) is 0 Å². The average Bonchev–Trinajstić information content (AvgIpc) is 4.01. The molecule has 67 heavy (non-hydrogen) atoms. The van der Waals surface area contributed by atoms with Gasteiger partial charge in [-0.2, -0.15) is 26.3 Å². The summed E-state index contributed by atoms with van der Waals surface area (Å²) in [6, 6.07) is 20.4. The first-order valence-electron chi connectivity index (χ1n) is 19.2. The van der Waals surface area contributed by atoms with Crippen LogP contribution in [0, 0.1) is 0 Å². The third kappa shape index (κ3) is 12.5. The van der Waals surface area contributed by atoms with Gasteiger partial charge >= 0.3 is 24.9 Å². The average molecular weight is 982 g/mol. The van der Waals surface area contributed by atoms with Crippen molar-refractivity contribution >= 4 is 49.2 Å². The fraction of sp³-hybridized carbons (Fsp3) is 0.205. The summed E-state index contributed by atoms with van der Waals surface area (Å²) in [5.41, 5.74) is -0.696. The number of carbonyl (C=O) groups is 1. The number of pyridine rings is 2. The number of rotatable bonds is 7. The fourth-order valence-electron chi connectivity index (χ4n) is 6.43. The highest BCUT2D eigenvalue weighted by Gasteiger charge is 2.45. The van der Waals surface area contributed by atoms with Gasteiger partial charge in [0.1, 0.15) is 11.6 Å². The van der Waals surface area contributed by atoms with Crippen molar-refractivity contribution < 1.29 is 72.4 Å². The number of nitrogens with one attached hydrogen (secondary N) is 2. The van der Waals surface area contributed by atoms with Gasteiger partial charge in [0, 0.05) is 75.0 Å². The summed E-state index contributed by atoms with van der Waals surface area (Å²) < 4.78 is 154. The van der Waals surface area contributed by atoms with E-state index in [1.165, 1.54) is 85.9 Å². The molecular formula is C44H30BCl2F10N4O6. The number of aromatic nitrogens is 2. The van der Waals surface area contributed by atoms with Gasteiger partial charge in [-0.25, -0.2) is 9.97 Å². The van der Waals surface area contributed by atoms with Gasteiger partial charge in [-0.15, -0.1) is 17.6 Å². The molecule has 3 aliphatic rings. The molecule has 0 bridgehead atoms. The maximum absolute atomic E-state index is 13.2. The molecule has 0 unspecified atom stereocenters. The van der Waals surface area contributed by atoms with Crippen molar-refractivity contribution in [1.29, 1.82) is 0 Å². The minimum absolute atomic E-state index is 0. The molecule has 0 atom stereocenters. The molecule has 0 spiro atoms. The number of benzene rings is 4. The molecule has 2 aromatic heterocycles. The topological polar surface area (TPSA) is 113 Å². The SMILES string of the molecule is C1CCOC1.FC1(F)Oc2cc(Cl)c(-c3ccc(NCc4ccccc4C(F)(F)F)nc3)cc2O1.O=C(Nc1ccc(-c2cc3c(cc2Cl)OC(F)(F)O3)cn1)c1ccccc1C(F)(F)F.[B]. The molecule has 1 fully saturated rings. The number of amides is 1. The second-order valence-corrected chi connectivity index (χ2v) is 14.9. The lowest BCUT2D eigenvalue weighted by atomic mass is 10.1. The molecule has 1 amide bonds. The van der Waals surface area contributed by atoms with Gasteiger partial charge in [0.05, 0.1) is 26.7 Å². The van der Waals surface area contributed by atoms with Crippen LogP contribution in [0.15, 0.2) is 109 Å². The van der Waals surface area contributed by atoms with Crippen molar-refractivity contribution in [3.63, 3.8) is 0 Å². The number of hydrogen-bond donors (Lipinski definition) is 2. The van der Waals surface area contributed by atoms with Gasteiger partial charge in [0.2, 0.25) is 0 Å². The van der Waals surface area contributed by atoms with Gasteiger partial charge in [-0.05, 0) is 73.0 Å². The summed E-state index contributed by atoms with van der Waals surface area (Å²) in [7, 11) is 0. The Bertz CT molecular complexity index is 2700. The molecular weight excluding hydrogens is 952 g/mol. The highest BCUT2D eigenvalue weighted by atomic mass is 35.5. The minimum Gasteiger partial charge on any atom is -0.395 e. The quantitative estimate of drug-likeness (QED) is 0.119. The van der Waals surface area contributed by atoms with Crippen molar-refractivity contribution in [2.45, 2.75) is 44.3 Å². The highest BCUT2D eigenvalue weighted by molar-refractivity contribution is 6.34. The van der Waals surface area contributed by atoms with Crippen LogP contribution in [0.3, 0.4) is 0 Å². The Morgan fingerprint density at radius 3 is 1.51 bits per heavy atom. The normalized spacial score (nSPS) is 15.0. The maximum atomic E-state index is 13.2. The predicted octanol–water partition coefficient (Wildman–Crippen LogP) is 12.8. The van der Waals surface area contributed by atoms with E-state index in [-0.39, 0.29) is 59.4 Å². The van der Waals surface area contributed by atoms with Gasteiger partial charge in [0.25, 0.3) is 5.91 Å². The van der Waals surface area contributed by atoms with Crippen LogP contribution in [-0.4, -0.2) is 50.1 Å². The monoisotopic (exact) mass is 981 g/mol. The summed E-state index contributed by atoms with van der Waals surface area (Å²) >= 11 is 12.3. The number of nitrogens with zero attached hydrogens (tertiary/aromatic N) is 2. The smallest absolute Gasteiger partial charge is 0.395 e. The molecule has 9 rings (SSSR count). The van der Waals surface area contributed by atoms with Gasteiger partial charge in [-0.3, -0.25) is 4.79 Å². The Labute approximate surface area is 385 Å². The number of fused-ring (bicyclic) bond motifs is 2. The molecule has 23 heteroatoms. The van der Waals surface area contributed by atoms with E-state index in [0.717, 1.165) is 37.5 Å². The zero-order valence-corrected chi connectivity index (χ0v) is 35.4. The summed E-state index contributed by atoms with van der Waals surface area (Å²) in [6.07, 6.45) is -11.5. The lowest BCUT2D eigenvalue weighted by Gasteiger charge is -2.13. The van der Waals surface area contributed by atoms with E-state index in [2.05, 4.69) is 39.5 Å². The van der Waals surface area contributed by atoms with E-state index >= 15 is 0 Å². The van der Waals surface area contributed by atoms with E-state index in [4.69, 9.17) is 27.9 Å². The standard InChI is InChI=1S/C20H10ClF5N2O3.C20H12ClF5N2O2.C4H8O.B/c21-14-8-16-15(30-20(25,26)31-16)7-12(14)10-5-6-17(27-9-10)28-18(29)11-3-1-2-4-13(11)19(22,23)24;21-15-8-17-16(29-20(25,26)30-17)7-13(15)11-5-6-18(27-9-11)28-10-12-3-1-2-4-14(12)19(22,23)24;1-2-4-5-3-1;/h1-9H,(H,27,28,29);1-9H,10H2,(H,27,28);1-4H2;. The van der Waals surface area contributed by atoms with E-state index in [1.807, 2.05) is 0 Å². The molecule has 4 aromatic carbocycles. The first-order chi connectivity index (χ1) is 31.2. The summed E-state index contributed by atoms with van der Waals surface area (Å²) in [5.74, 6) is -1.46. The molecule has 349 valence electrons. The van der Waals surface area contributed by atoms with Crippen molar-refractivity contribution in [3.8, 4) is 45.3 Å². The first kappa shape index (κ1) is 50.0. The van der Waals surface area contributed by atoms with Gasteiger partial charge < -0.3 is 34.3 Å². The van der Waals surface area contributed by atoms with Crippen LogP contribution < -0.4 is 29.6 Å². The van der Waals surface area contributed by atoms with E-state index < -0.39 is 47.5 Å². The van der Waals surface area contributed by atoms with Crippen LogP contribution in [0.25, 0.3) is 22.3 Å². The predicted molar refractivity (Wildman–Crippen MR) is 226 cm³/mol. The Morgan fingerprint density at radius 1 is 0.612 bits per heavy atom. The summed E-state index contributed by atoms with van der Waals surface area (Å²) in [6.45, 7) is 1.92. The van der Waals surface area contributed by atoms with Crippen LogP contribution in [0.1, 0.15) is 39.9 Å². The van der Waals surface area contributed by atoms with Crippen LogP contribution >= 0.6 is 23.2 Å². The lowest BCUT2D eigenvalue weighted by Crippen LogP contribution is -2.25. The maximum Gasteiger partial charge on any atom is 0.586 e. The first-order valence-corrected chi connectivity index (χ1v) is 20.0. The number of ether oxygens (including phenoxy) is 5. The zero-order chi connectivity index (χ0) is 47.4. The second kappa shape index (κ2) is 20.2. The Balaban J connectivity index is 0.000000197. The van der Waals surface area contributed by atoms with E-state index in [1.54, 1.807) is 12.1 Å². The van der Waals surface area contributed by atoms with Gasteiger partial charge in [-0.1, -0.05) is 53.5 Å². The molecule has 10 nitrogen and oxygen atoms in total. The van der Waals surface area contributed by atoms with E-state index in [0.29, 0.717) is 28.1 Å². The van der Waals surface area contributed by atoms with Crippen LogP contribution in [0.5, 0.6) is 23.0 Å².